The topological polar surface area (TPSA) is 30.5 Å². The first-order valence-corrected chi connectivity index (χ1v) is 7.84. The van der Waals surface area contributed by atoms with Gasteiger partial charge in [-0.15, -0.1) is 0 Å². The Labute approximate surface area is 122 Å². The Morgan fingerprint density at radius 2 is 2.00 bits per heavy atom. The monoisotopic (exact) mass is 277 g/mol. The second kappa shape index (κ2) is 8.15. The van der Waals surface area contributed by atoms with Crippen molar-refractivity contribution in [1.82, 2.24) is 5.32 Å². The number of rotatable bonds is 8. The van der Waals surface area contributed by atoms with Gasteiger partial charge in [-0.2, -0.15) is 0 Å². The summed E-state index contributed by atoms with van der Waals surface area (Å²) in [7, 11) is 1.69. The SMILES string of the molecule is CCOc1ccc(CNCCC2CCCC2)cc1OC. The molecule has 2 rings (SSSR count). The zero-order valence-corrected chi connectivity index (χ0v) is 12.8. The number of hydrogen-bond donors (Lipinski definition) is 1. The molecule has 0 aliphatic heterocycles. The van der Waals surface area contributed by atoms with E-state index in [2.05, 4.69) is 17.4 Å². The Morgan fingerprint density at radius 1 is 1.20 bits per heavy atom. The van der Waals surface area contributed by atoms with E-state index in [0.717, 1.165) is 30.5 Å². The van der Waals surface area contributed by atoms with E-state index in [1.165, 1.54) is 37.7 Å². The maximum Gasteiger partial charge on any atom is 0.161 e. The summed E-state index contributed by atoms with van der Waals surface area (Å²) in [5.41, 5.74) is 1.25. The highest BCUT2D eigenvalue weighted by Crippen LogP contribution is 2.28. The van der Waals surface area contributed by atoms with E-state index in [1.54, 1.807) is 7.11 Å². The summed E-state index contributed by atoms with van der Waals surface area (Å²) in [5.74, 6) is 2.60. The van der Waals surface area contributed by atoms with E-state index in [-0.39, 0.29) is 0 Å². The van der Waals surface area contributed by atoms with Crippen molar-refractivity contribution in [1.29, 1.82) is 0 Å². The number of benzene rings is 1. The molecule has 20 heavy (non-hydrogen) atoms. The third-order valence-corrected chi connectivity index (χ3v) is 4.06. The molecule has 1 N–H and O–H groups in total. The molecule has 1 aliphatic rings. The van der Waals surface area contributed by atoms with Crippen LogP contribution in [0, 0.1) is 5.92 Å². The molecule has 0 saturated heterocycles. The van der Waals surface area contributed by atoms with Crippen molar-refractivity contribution < 1.29 is 9.47 Å². The lowest BCUT2D eigenvalue weighted by molar-refractivity contribution is 0.310. The van der Waals surface area contributed by atoms with Gasteiger partial charge in [-0.3, -0.25) is 0 Å². The minimum atomic E-state index is 0.662. The molecular weight excluding hydrogens is 250 g/mol. The van der Waals surface area contributed by atoms with E-state index in [4.69, 9.17) is 9.47 Å². The molecule has 0 radical (unpaired) electrons. The molecule has 1 aromatic rings. The van der Waals surface area contributed by atoms with Crippen molar-refractivity contribution in [3.8, 4) is 11.5 Å². The van der Waals surface area contributed by atoms with Crippen molar-refractivity contribution in [3.63, 3.8) is 0 Å². The van der Waals surface area contributed by atoms with Gasteiger partial charge < -0.3 is 14.8 Å². The van der Waals surface area contributed by atoms with Crippen LogP contribution in [0.1, 0.15) is 44.6 Å². The van der Waals surface area contributed by atoms with Crippen LogP contribution in [0.15, 0.2) is 18.2 Å². The predicted molar refractivity (Wildman–Crippen MR) is 82.4 cm³/mol. The smallest absolute Gasteiger partial charge is 0.161 e. The van der Waals surface area contributed by atoms with E-state index in [1.807, 2.05) is 13.0 Å². The molecule has 0 aromatic heterocycles. The molecular formula is C17H27NO2. The lowest BCUT2D eigenvalue weighted by Crippen LogP contribution is -2.17. The van der Waals surface area contributed by atoms with Crippen LogP contribution in [0.25, 0.3) is 0 Å². The maximum atomic E-state index is 5.53. The summed E-state index contributed by atoms with van der Waals surface area (Å²) in [6, 6.07) is 6.17. The van der Waals surface area contributed by atoms with E-state index >= 15 is 0 Å². The summed E-state index contributed by atoms with van der Waals surface area (Å²) in [5, 5.41) is 3.53. The van der Waals surface area contributed by atoms with Gasteiger partial charge in [0.25, 0.3) is 0 Å². The number of hydrogen-bond acceptors (Lipinski definition) is 3. The normalized spacial score (nSPS) is 15.5. The van der Waals surface area contributed by atoms with Gasteiger partial charge in [0.05, 0.1) is 13.7 Å². The highest BCUT2D eigenvalue weighted by Gasteiger charge is 2.13. The van der Waals surface area contributed by atoms with Crippen molar-refractivity contribution in [2.45, 2.75) is 45.6 Å². The van der Waals surface area contributed by atoms with Crippen LogP contribution in [0.3, 0.4) is 0 Å². The molecule has 3 nitrogen and oxygen atoms in total. The van der Waals surface area contributed by atoms with Gasteiger partial charge in [-0.1, -0.05) is 31.7 Å². The summed E-state index contributed by atoms with van der Waals surface area (Å²) >= 11 is 0. The molecule has 0 bridgehead atoms. The van der Waals surface area contributed by atoms with E-state index < -0.39 is 0 Å². The summed E-state index contributed by atoms with van der Waals surface area (Å²) in [6.07, 6.45) is 7.03. The lowest BCUT2D eigenvalue weighted by atomic mass is 10.0. The van der Waals surface area contributed by atoms with Crippen molar-refractivity contribution in [2.75, 3.05) is 20.3 Å². The molecule has 1 saturated carbocycles. The van der Waals surface area contributed by atoms with Crippen molar-refractivity contribution >= 4 is 0 Å². The molecule has 1 aromatic carbocycles. The maximum absolute atomic E-state index is 5.53. The quantitative estimate of drug-likeness (QED) is 0.734. The zero-order valence-electron chi connectivity index (χ0n) is 12.8. The highest BCUT2D eigenvalue weighted by atomic mass is 16.5. The summed E-state index contributed by atoms with van der Waals surface area (Å²) in [4.78, 5) is 0. The minimum absolute atomic E-state index is 0.662. The average molecular weight is 277 g/mol. The Kier molecular flexibility index (Phi) is 6.19. The third-order valence-electron chi connectivity index (χ3n) is 4.06. The lowest BCUT2D eigenvalue weighted by Gasteiger charge is -2.12. The van der Waals surface area contributed by atoms with E-state index in [0.29, 0.717) is 6.61 Å². The molecule has 1 fully saturated rings. The van der Waals surface area contributed by atoms with Crippen LogP contribution in [0.2, 0.25) is 0 Å². The highest BCUT2D eigenvalue weighted by molar-refractivity contribution is 5.42. The number of methoxy groups -OCH3 is 1. The van der Waals surface area contributed by atoms with Gasteiger partial charge in [-0.25, -0.2) is 0 Å². The number of nitrogens with one attached hydrogen (secondary N) is 1. The largest absolute Gasteiger partial charge is 0.493 e. The molecule has 0 spiro atoms. The van der Waals surface area contributed by atoms with Gasteiger partial charge in [0.1, 0.15) is 0 Å². The van der Waals surface area contributed by atoms with Gasteiger partial charge in [-0.05, 0) is 43.5 Å². The molecule has 3 heteroatoms. The van der Waals surface area contributed by atoms with Gasteiger partial charge in [0.15, 0.2) is 11.5 Å². The molecule has 0 atom stereocenters. The third kappa shape index (κ3) is 4.41. The van der Waals surface area contributed by atoms with Crippen LogP contribution in [0.5, 0.6) is 11.5 Å². The second-order valence-electron chi connectivity index (χ2n) is 5.53. The summed E-state index contributed by atoms with van der Waals surface area (Å²) < 4.78 is 10.9. The molecule has 0 amide bonds. The molecule has 0 unspecified atom stereocenters. The first kappa shape index (κ1) is 15.2. The molecule has 112 valence electrons. The standard InChI is InChI=1S/C17H27NO2/c1-3-20-16-9-8-15(12-17(16)19-2)13-18-11-10-14-6-4-5-7-14/h8-9,12,14,18H,3-7,10-11,13H2,1-2H3. The zero-order chi connectivity index (χ0) is 14.2. The van der Waals surface area contributed by atoms with Gasteiger partial charge >= 0.3 is 0 Å². The Morgan fingerprint density at radius 3 is 2.70 bits per heavy atom. The molecule has 1 aliphatic carbocycles. The van der Waals surface area contributed by atoms with Crippen molar-refractivity contribution in [3.05, 3.63) is 23.8 Å². The Bertz CT molecular complexity index is 400. The minimum Gasteiger partial charge on any atom is -0.493 e. The first-order chi connectivity index (χ1) is 9.83. The Hall–Kier alpha value is -1.22. The fraction of sp³-hybridized carbons (Fsp3) is 0.647. The Balaban J connectivity index is 1.77. The fourth-order valence-electron chi connectivity index (χ4n) is 2.93. The van der Waals surface area contributed by atoms with Crippen LogP contribution in [-0.4, -0.2) is 20.3 Å². The van der Waals surface area contributed by atoms with E-state index in [9.17, 15) is 0 Å². The predicted octanol–water partition coefficient (Wildman–Crippen LogP) is 3.76. The summed E-state index contributed by atoms with van der Waals surface area (Å²) in [6.45, 7) is 4.66. The fourth-order valence-corrected chi connectivity index (χ4v) is 2.93. The van der Waals surface area contributed by atoms with Crippen molar-refractivity contribution in [2.24, 2.45) is 5.92 Å². The average Bonchev–Trinajstić information content (AvgIpc) is 2.98. The second-order valence-corrected chi connectivity index (χ2v) is 5.53. The van der Waals surface area contributed by atoms with Crippen LogP contribution < -0.4 is 14.8 Å². The van der Waals surface area contributed by atoms with Crippen LogP contribution in [0.4, 0.5) is 0 Å². The van der Waals surface area contributed by atoms with Crippen LogP contribution >= 0.6 is 0 Å². The van der Waals surface area contributed by atoms with Gasteiger partial charge in [0.2, 0.25) is 0 Å². The van der Waals surface area contributed by atoms with Gasteiger partial charge in [0, 0.05) is 6.54 Å². The molecule has 0 heterocycles. The first-order valence-electron chi connectivity index (χ1n) is 7.84. The van der Waals surface area contributed by atoms with Crippen LogP contribution in [-0.2, 0) is 6.54 Å². The number of ether oxygens (including phenoxy) is 2.